The smallest absolute Gasteiger partial charge is 0.414 e. The predicted molar refractivity (Wildman–Crippen MR) is 98.5 cm³/mol. The number of carboxylic acid groups (broad SMARTS) is 2. The van der Waals surface area contributed by atoms with Crippen molar-refractivity contribution >= 4 is 39.5 Å². The van der Waals surface area contributed by atoms with Gasteiger partial charge in [-0.25, -0.2) is 9.59 Å². The van der Waals surface area contributed by atoms with Crippen molar-refractivity contribution in [2.45, 2.75) is 19.3 Å². The highest BCUT2D eigenvalue weighted by Crippen LogP contribution is 2.27. The van der Waals surface area contributed by atoms with Gasteiger partial charge in [-0.05, 0) is 66.5 Å². The monoisotopic (exact) mass is 439 g/mol. The van der Waals surface area contributed by atoms with E-state index in [0.717, 1.165) is 55.8 Å². The molecule has 0 unspecified atom stereocenters. The Morgan fingerprint density at radius 1 is 1.12 bits per heavy atom. The molecule has 0 atom stereocenters. The van der Waals surface area contributed by atoms with Gasteiger partial charge in [0.2, 0.25) is 0 Å². The molecule has 142 valence electrons. The van der Waals surface area contributed by atoms with Gasteiger partial charge >= 0.3 is 11.9 Å². The Hall–Kier alpha value is -1.35. The van der Waals surface area contributed by atoms with Crippen LogP contribution in [0.15, 0.2) is 22.7 Å². The maximum Gasteiger partial charge on any atom is 0.414 e. The van der Waals surface area contributed by atoms with E-state index in [-0.39, 0.29) is 0 Å². The summed E-state index contributed by atoms with van der Waals surface area (Å²) < 4.78 is 11.6. The quantitative estimate of drug-likeness (QED) is 0.379. The van der Waals surface area contributed by atoms with Gasteiger partial charge < -0.3 is 25.0 Å². The largest absolute Gasteiger partial charge is 0.492 e. The Morgan fingerprint density at radius 2 is 1.76 bits per heavy atom. The summed E-state index contributed by atoms with van der Waals surface area (Å²) in [4.78, 5) is 18.2. The zero-order valence-electron chi connectivity index (χ0n) is 14.0. The van der Waals surface area contributed by atoms with Gasteiger partial charge in [0, 0.05) is 18.7 Å². The third kappa shape index (κ3) is 13.6. The van der Waals surface area contributed by atoms with E-state index >= 15 is 0 Å². The number of unbranched alkanes of at least 4 members (excludes halogenated alkanes) is 1. The first-order valence-electron chi connectivity index (χ1n) is 7.62. The van der Waals surface area contributed by atoms with Crippen molar-refractivity contribution in [1.29, 1.82) is 0 Å². The van der Waals surface area contributed by atoms with Crippen molar-refractivity contribution in [1.82, 2.24) is 5.32 Å². The molecule has 0 bridgehead atoms. The number of hydrogen-bond acceptors (Lipinski definition) is 5. The summed E-state index contributed by atoms with van der Waals surface area (Å²) in [7, 11) is 1.73. The van der Waals surface area contributed by atoms with Gasteiger partial charge in [-0.15, -0.1) is 0 Å². The molecule has 0 saturated heterocycles. The summed E-state index contributed by atoms with van der Waals surface area (Å²) in [5.41, 5.74) is 0. The lowest BCUT2D eigenvalue weighted by atomic mass is 10.3. The number of ether oxygens (including phenoxy) is 2. The van der Waals surface area contributed by atoms with Crippen LogP contribution in [0.2, 0.25) is 5.02 Å². The molecule has 0 heterocycles. The van der Waals surface area contributed by atoms with E-state index < -0.39 is 11.9 Å². The number of aliphatic carboxylic acids is 2. The minimum atomic E-state index is -1.82. The molecule has 0 aliphatic rings. The minimum Gasteiger partial charge on any atom is -0.492 e. The molecule has 1 rings (SSSR count). The van der Waals surface area contributed by atoms with Crippen molar-refractivity contribution in [2.24, 2.45) is 0 Å². The molecule has 25 heavy (non-hydrogen) atoms. The maximum absolute atomic E-state index is 9.10. The first-order valence-corrected chi connectivity index (χ1v) is 8.79. The van der Waals surface area contributed by atoms with Gasteiger partial charge in [-0.2, -0.15) is 0 Å². The first-order chi connectivity index (χ1) is 11.9. The highest BCUT2D eigenvalue weighted by atomic mass is 79.9. The normalized spacial score (nSPS) is 9.88. The van der Waals surface area contributed by atoms with Crippen LogP contribution in [0.25, 0.3) is 0 Å². The number of methoxy groups -OCH3 is 1. The lowest BCUT2D eigenvalue weighted by Crippen LogP contribution is -2.18. The average molecular weight is 441 g/mol. The van der Waals surface area contributed by atoms with Crippen molar-refractivity contribution in [2.75, 3.05) is 33.4 Å². The third-order valence-corrected chi connectivity index (χ3v) is 3.64. The Balaban J connectivity index is 0.000000823. The standard InChI is InChI=1S/C14H21BrClNO2.C2H2O4/c1-18-9-4-8-17-7-2-3-10-19-14-6-5-12(16)11-13(14)15;3-1(4)2(5)6/h5-6,11,17H,2-4,7-10H2,1H3;(H,3,4)(H,5,6). The lowest BCUT2D eigenvalue weighted by Gasteiger charge is -2.08. The Labute approximate surface area is 160 Å². The molecule has 3 N–H and O–H groups in total. The van der Waals surface area contributed by atoms with Crippen LogP contribution in [0.4, 0.5) is 0 Å². The van der Waals surface area contributed by atoms with Crippen molar-refractivity contribution in [3.05, 3.63) is 27.7 Å². The number of nitrogens with one attached hydrogen (secondary N) is 1. The summed E-state index contributed by atoms with van der Waals surface area (Å²) in [5, 5.41) is 18.9. The zero-order valence-corrected chi connectivity index (χ0v) is 16.3. The van der Waals surface area contributed by atoms with E-state index in [4.69, 9.17) is 40.9 Å². The first kappa shape index (κ1) is 23.6. The van der Waals surface area contributed by atoms with E-state index in [1.54, 1.807) is 7.11 Å². The van der Waals surface area contributed by atoms with Gasteiger partial charge in [0.05, 0.1) is 11.1 Å². The summed E-state index contributed by atoms with van der Waals surface area (Å²) in [6.07, 6.45) is 3.20. The summed E-state index contributed by atoms with van der Waals surface area (Å²) in [6.45, 7) is 3.58. The predicted octanol–water partition coefficient (Wildman–Crippen LogP) is 3.04. The van der Waals surface area contributed by atoms with Crippen LogP contribution in [0.1, 0.15) is 19.3 Å². The minimum absolute atomic E-state index is 0.708. The number of rotatable bonds is 10. The van der Waals surface area contributed by atoms with Crippen LogP contribution in [-0.4, -0.2) is 55.6 Å². The molecular formula is C16H23BrClNO6. The Morgan fingerprint density at radius 3 is 2.32 bits per heavy atom. The topological polar surface area (TPSA) is 105 Å². The maximum atomic E-state index is 9.10. The second kappa shape index (κ2) is 14.9. The number of benzene rings is 1. The molecule has 1 aromatic carbocycles. The van der Waals surface area contributed by atoms with Crippen molar-refractivity contribution < 1.29 is 29.3 Å². The van der Waals surface area contributed by atoms with Crippen LogP contribution < -0.4 is 10.1 Å². The highest BCUT2D eigenvalue weighted by Gasteiger charge is 2.04. The van der Waals surface area contributed by atoms with Crippen LogP contribution in [0.3, 0.4) is 0 Å². The molecule has 0 aliphatic carbocycles. The molecule has 0 radical (unpaired) electrons. The second-order valence-electron chi connectivity index (χ2n) is 4.84. The van der Waals surface area contributed by atoms with Crippen LogP contribution in [-0.2, 0) is 14.3 Å². The van der Waals surface area contributed by atoms with E-state index in [1.807, 2.05) is 18.2 Å². The van der Waals surface area contributed by atoms with Gasteiger partial charge in [-0.3, -0.25) is 0 Å². The lowest BCUT2D eigenvalue weighted by molar-refractivity contribution is -0.159. The average Bonchev–Trinajstić information content (AvgIpc) is 2.55. The zero-order chi connectivity index (χ0) is 19.1. The number of hydrogen-bond donors (Lipinski definition) is 3. The van der Waals surface area contributed by atoms with Gasteiger partial charge in [-0.1, -0.05) is 11.6 Å². The van der Waals surface area contributed by atoms with E-state index in [0.29, 0.717) is 5.02 Å². The van der Waals surface area contributed by atoms with Gasteiger partial charge in [0.25, 0.3) is 0 Å². The van der Waals surface area contributed by atoms with Crippen LogP contribution in [0.5, 0.6) is 5.75 Å². The van der Waals surface area contributed by atoms with E-state index in [2.05, 4.69) is 21.2 Å². The van der Waals surface area contributed by atoms with Crippen molar-refractivity contribution in [3.8, 4) is 5.75 Å². The number of halogens is 2. The third-order valence-electron chi connectivity index (χ3n) is 2.78. The Kier molecular flexibility index (Phi) is 14.1. The molecule has 7 nitrogen and oxygen atoms in total. The molecular weight excluding hydrogens is 418 g/mol. The number of carboxylic acids is 2. The van der Waals surface area contributed by atoms with Gasteiger partial charge in [0.15, 0.2) is 0 Å². The summed E-state index contributed by atoms with van der Waals surface area (Å²) in [6, 6.07) is 5.56. The van der Waals surface area contributed by atoms with Gasteiger partial charge in [0.1, 0.15) is 5.75 Å². The fourth-order valence-corrected chi connectivity index (χ4v) is 2.39. The molecule has 0 aromatic heterocycles. The molecule has 0 fully saturated rings. The number of carbonyl (C=O) groups is 2. The second-order valence-corrected chi connectivity index (χ2v) is 6.13. The van der Waals surface area contributed by atoms with Crippen LogP contribution in [0, 0.1) is 0 Å². The molecule has 9 heteroatoms. The van der Waals surface area contributed by atoms with E-state index in [9.17, 15) is 0 Å². The molecule has 0 aliphatic heterocycles. The summed E-state index contributed by atoms with van der Waals surface area (Å²) in [5.74, 6) is -2.80. The fourth-order valence-electron chi connectivity index (χ4n) is 1.59. The van der Waals surface area contributed by atoms with Crippen LogP contribution >= 0.6 is 27.5 Å². The molecule has 0 saturated carbocycles. The SMILES string of the molecule is COCCCNCCCCOc1ccc(Cl)cc1Br.O=C(O)C(=O)O. The fraction of sp³-hybridized carbons (Fsp3) is 0.500. The van der Waals surface area contributed by atoms with Crippen molar-refractivity contribution in [3.63, 3.8) is 0 Å². The highest BCUT2D eigenvalue weighted by molar-refractivity contribution is 9.10. The molecule has 0 spiro atoms. The molecule has 0 amide bonds. The molecule has 1 aromatic rings. The summed E-state index contributed by atoms with van der Waals surface area (Å²) >= 11 is 9.30. The Bertz CT molecular complexity index is 517. The van der Waals surface area contributed by atoms with E-state index in [1.165, 1.54) is 0 Å².